The second kappa shape index (κ2) is 8.65. The molecule has 6 nitrogen and oxygen atoms in total. The second-order valence-electron chi connectivity index (χ2n) is 5.46. The monoisotopic (exact) mass is 349 g/mol. The highest BCUT2D eigenvalue weighted by Crippen LogP contribution is 2.09. The van der Waals surface area contributed by atoms with Gasteiger partial charge in [-0.05, 0) is 42.8 Å². The van der Waals surface area contributed by atoms with Crippen molar-refractivity contribution in [2.45, 2.75) is 19.8 Å². The molecule has 130 valence electrons. The molecule has 0 saturated carbocycles. The molecule has 1 heterocycles. The van der Waals surface area contributed by atoms with Crippen LogP contribution in [0, 0.1) is 0 Å². The molecule has 0 bridgehead atoms. The molecule has 0 radical (unpaired) electrons. The van der Waals surface area contributed by atoms with Crippen LogP contribution in [-0.4, -0.2) is 37.7 Å². The van der Waals surface area contributed by atoms with Crippen LogP contribution >= 0.6 is 0 Å². The van der Waals surface area contributed by atoms with Crippen molar-refractivity contribution >= 4 is 15.9 Å². The lowest BCUT2D eigenvalue weighted by molar-refractivity contribution is 0.0954. The Hall–Kier alpha value is -2.12. The van der Waals surface area contributed by atoms with E-state index in [1.54, 1.807) is 12.1 Å². The Morgan fingerprint density at radius 2 is 1.75 bits per heavy atom. The molecule has 0 atom stereocenters. The number of aromatic nitrogens is 1. The van der Waals surface area contributed by atoms with E-state index in [4.69, 9.17) is 0 Å². The Labute approximate surface area is 142 Å². The van der Waals surface area contributed by atoms with Crippen molar-refractivity contribution in [3.05, 3.63) is 54.4 Å². The third kappa shape index (κ3) is 5.50. The summed E-state index contributed by atoms with van der Waals surface area (Å²) in [6, 6.07) is 11.1. The minimum absolute atomic E-state index is 0.123. The van der Waals surface area contributed by atoms with Gasteiger partial charge in [-0.2, -0.15) is 0 Å². The highest BCUT2D eigenvalue weighted by molar-refractivity contribution is 7.89. The summed E-state index contributed by atoms with van der Waals surface area (Å²) in [5.41, 5.74) is 1.51. The van der Waals surface area contributed by atoms with Crippen LogP contribution in [0.15, 0.2) is 48.8 Å². The minimum Gasteiger partial charge on any atom is -0.351 e. The molecule has 0 fully saturated rings. The van der Waals surface area contributed by atoms with E-state index in [-0.39, 0.29) is 24.7 Å². The summed E-state index contributed by atoms with van der Waals surface area (Å²) in [5, 5.41) is 2.71. The third-order valence-electron chi connectivity index (χ3n) is 3.53. The fourth-order valence-corrected chi connectivity index (χ4v) is 3.41. The SMILES string of the molecule is CCCCS(=O)(=O)NCCNC(=O)c1ccc(-n2cccc2)cc1. The zero-order valence-electron chi connectivity index (χ0n) is 13.7. The summed E-state index contributed by atoms with van der Waals surface area (Å²) in [5.74, 6) is -0.0972. The lowest BCUT2D eigenvalue weighted by Crippen LogP contribution is -2.35. The Morgan fingerprint density at radius 1 is 1.08 bits per heavy atom. The van der Waals surface area contributed by atoms with Gasteiger partial charge >= 0.3 is 0 Å². The van der Waals surface area contributed by atoms with Crippen LogP contribution in [0.1, 0.15) is 30.1 Å². The lowest BCUT2D eigenvalue weighted by atomic mass is 10.2. The van der Waals surface area contributed by atoms with Crippen LogP contribution in [0.2, 0.25) is 0 Å². The predicted molar refractivity (Wildman–Crippen MR) is 94.8 cm³/mol. The van der Waals surface area contributed by atoms with Crippen LogP contribution < -0.4 is 10.0 Å². The van der Waals surface area contributed by atoms with Crippen molar-refractivity contribution in [2.75, 3.05) is 18.8 Å². The smallest absolute Gasteiger partial charge is 0.251 e. The number of nitrogens with one attached hydrogen (secondary N) is 2. The quantitative estimate of drug-likeness (QED) is 0.679. The number of amides is 1. The van der Waals surface area contributed by atoms with Gasteiger partial charge in [0.25, 0.3) is 5.91 Å². The van der Waals surface area contributed by atoms with Crippen molar-refractivity contribution in [3.8, 4) is 5.69 Å². The topological polar surface area (TPSA) is 80.2 Å². The van der Waals surface area contributed by atoms with E-state index in [1.165, 1.54) is 0 Å². The molecule has 0 aliphatic rings. The van der Waals surface area contributed by atoms with Crippen LogP contribution in [0.5, 0.6) is 0 Å². The number of hydrogen-bond acceptors (Lipinski definition) is 3. The maximum absolute atomic E-state index is 12.0. The average molecular weight is 349 g/mol. The number of sulfonamides is 1. The van der Waals surface area contributed by atoms with E-state index in [0.717, 1.165) is 12.1 Å². The van der Waals surface area contributed by atoms with Crippen LogP contribution in [0.25, 0.3) is 5.69 Å². The predicted octanol–water partition coefficient (Wildman–Crippen LogP) is 1.93. The van der Waals surface area contributed by atoms with Gasteiger partial charge in [0.1, 0.15) is 0 Å². The molecule has 24 heavy (non-hydrogen) atoms. The summed E-state index contributed by atoms with van der Waals surface area (Å²) in [7, 11) is -3.24. The van der Waals surface area contributed by atoms with Gasteiger partial charge in [0.2, 0.25) is 10.0 Å². The Kier molecular flexibility index (Phi) is 6.57. The fraction of sp³-hybridized carbons (Fsp3) is 0.353. The minimum atomic E-state index is -3.24. The zero-order valence-corrected chi connectivity index (χ0v) is 14.6. The first-order valence-electron chi connectivity index (χ1n) is 8.01. The first-order valence-corrected chi connectivity index (χ1v) is 9.66. The van der Waals surface area contributed by atoms with Crippen LogP contribution in [0.3, 0.4) is 0 Å². The van der Waals surface area contributed by atoms with Gasteiger partial charge in [-0.25, -0.2) is 13.1 Å². The van der Waals surface area contributed by atoms with E-state index < -0.39 is 10.0 Å². The number of unbranched alkanes of at least 4 members (excludes halogenated alkanes) is 1. The van der Waals surface area contributed by atoms with Gasteiger partial charge in [0.05, 0.1) is 5.75 Å². The number of carbonyl (C=O) groups is 1. The molecule has 2 N–H and O–H groups in total. The largest absolute Gasteiger partial charge is 0.351 e. The van der Waals surface area contributed by atoms with Crippen molar-refractivity contribution in [1.29, 1.82) is 0 Å². The van der Waals surface area contributed by atoms with Crippen molar-refractivity contribution in [2.24, 2.45) is 0 Å². The Balaban J connectivity index is 1.78. The lowest BCUT2D eigenvalue weighted by Gasteiger charge is -2.08. The van der Waals surface area contributed by atoms with Gasteiger partial charge in [0.15, 0.2) is 0 Å². The summed E-state index contributed by atoms with van der Waals surface area (Å²) in [6.45, 7) is 2.39. The fourth-order valence-electron chi connectivity index (χ4n) is 2.18. The summed E-state index contributed by atoms with van der Waals surface area (Å²) < 4.78 is 27.7. The van der Waals surface area contributed by atoms with E-state index in [1.807, 2.05) is 48.1 Å². The number of nitrogens with zero attached hydrogens (tertiary/aromatic N) is 1. The number of benzene rings is 1. The van der Waals surface area contributed by atoms with Gasteiger partial charge in [-0.3, -0.25) is 4.79 Å². The first kappa shape index (κ1) is 18.2. The van der Waals surface area contributed by atoms with E-state index in [0.29, 0.717) is 12.0 Å². The molecule has 0 saturated heterocycles. The van der Waals surface area contributed by atoms with Gasteiger partial charge in [-0.15, -0.1) is 0 Å². The number of rotatable bonds is 9. The molecule has 0 aliphatic carbocycles. The average Bonchev–Trinajstić information content (AvgIpc) is 3.11. The molecular formula is C17H23N3O3S. The normalized spacial score (nSPS) is 11.4. The first-order chi connectivity index (χ1) is 11.5. The van der Waals surface area contributed by atoms with Crippen LogP contribution in [0.4, 0.5) is 0 Å². The summed E-state index contributed by atoms with van der Waals surface area (Å²) in [6.07, 6.45) is 5.32. The molecule has 2 aromatic rings. The Bertz CT molecular complexity index is 738. The molecule has 0 spiro atoms. The van der Waals surface area contributed by atoms with Gasteiger partial charge in [-0.1, -0.05) is 13.3 Å². The number of hydrogen-bond donors (Lipinski definition) is 2. The molecule has 1 aromatic carbocycles. The van der Waals surface area contributed by atoms with Crippen molar-refractivity contribution in [1.82, 2.24) is 14.6 Å². The van der Waals surface area contributed by atoms with Crippen molar-refractivity contribution < 1.29 is 13.2 Å². The molecule has 1 amide bonds. The van der Waals surface area contributed by atoms with E-state index >= 15 is 0 Å². The van der Waals surface area contributed by atoms with Crippen LogP contribution in [-0.2, 0) is 10.0 Å². The summed E-state index contributed by atoms with van der Waals surface area (Å²) >= 11 is 0. The third-order valence-corrected chi connectivity index (χ3v) is 5.00. The molecule has 0 unspecified atom stereocenters. The standard InChI is InChI=1S/C17H23N3O3S/c1-2-3-14-24(22,23)19-11-10-18-17(21)15-6-8-16(9-7-15)20-12-4-5-13-20/h4-9,12-13,19H,2-3,10-11,14H2,1H3,(H,18,21). The highest BCUT2D eigenvalue weighted by atomic mass is 32.2. The maximum Gasteiger partial charge on any atom is 0.251 e. The van der Waals surface area contributed by atoms with Crippen molar-refractivity contribution in [3.63, 3.8) is 0 Å². The second-order valence-corrected chi connectivity index (χ2v) is 7.39. The highest BCUT2D eigenvalue weighted by Gasteiger charge is 2.09. The molecular weight excluding hydrogens is 326 g/mol. The maximum atomic E-state index is 12.0. The van der Waals surface area contributed by atoms with E-state index in [2.05, 4.69) is 10.0 Å². The number of carbonyl (C=O) groups excluding carboxylic acids is 1. The van der Waals surface area contributed by atoms with E-state index in [9.17, 15) is 13.2 Å². The molecule has 7 heteroatoms. The van der Waals surface area contributed by atoms with Gasteiger partial charge in [0, 0.05) is 36.7 Å². The zero-order chi connectivity index (χ0) is 17.4. The van der Waals surface area contributed by atoms with Gasteiger partial charge < -0.3 is 9.88 Å². The molecule has 1 aromatic heterocycles. The molecule has 2 rings (SSSR count). The summed E-state index contributed by atoms with van der Waals surface area (Å²) in [4.78, 5) is 12.0. The Morgan fingerprint density at radius 3 is 2.38 bits per heavy atom. The molecule has 0 aliphatic heterocycles.